The van der Waals surface area contributed by atoms with E-state index in [1.165, 1.54) is 5.56 Å². The van der Waals surface area contributed by atoms with Gasteiger partial charge in [0.05, 0.1) is 16.6 Å². The highest BCUT2D eigenvalue weighted by atomic mass is 35.5. The van der Waals surface area contributed by atoms with Gasteiger partial charge in [0.25, 0.3) is 0 Å². The lowest BCUT2D eigenvalue weighted by Gasteiger charge is -2.39. The second-order valence-electron chi connectivity index (χ2n) is 5.71. The molecule has 2 N–H and O–H groups in total. The van der Waals surface area contributed by atoms with Crippen LogP contribution in [0.15, 0.2) is 30.0 Å². The molecule has 1 aromatic carbocycles. The minimum atomic E-state index is -0.742. The van der Waals surface area contributed by atoms with Crippen molar-refractivity contribution in [3.8, 4) is 0 Å². The van der Waals surface area contributed by atoms with E-state index in [1.807, 2.05) is 31.5 Å². The predicted octanol–water partition coefficient (Wildman–Crippen LogP) is 2.66. The van der Waals surface area contributed by atoms with E-state index < -0.39 is 5.60 Å². The first-order chi connectivity index (χ1) is 10.1. The van der Waals surface area contributed by atoms with Gasteiger partial charge < -0.3 is 15.0 Å². The number of aromatic amines is 1. The summed E-state index contributed by atoms with van der Waals surface area (Å²) in [7, 11) is 1.90. The van der Waals surface area contributed by atoms with E-state index in [0.717, 1.165) is 22.9 Å². The highest BCUT2D eigenvalue weighted by molar-refractivity contribution is 6.35. The minimum Gasteiger partial charge on any atom is -0.445 e. The van der Waals surface area contributed by atoms with Crippen LogP contribution in [0.4, 0.5) is 0 Å². The number of rotatable bonds is 1. The monoisotopic (exact) mass is 302 g/mol. The molecule has 2 heterocycles. The maximum atomic E-state index is 12.0. The van der Waals surface area contributed by atoms with Crippen LogP contribution >= 0.6 is 11.6 Å². The zero-order valence-corrected chi connectivity index (χ0v) is 12.5. The van der Waals surface area contributed by atoms with Gasteiger partial charge in [0, 0.05) is 22.7 Å². The molecule has 0 fully saturated rings. The van der Waals surface area contributed by atoms with Gasteiger partial charge in [0.15, 0.2) is 5.60 Å². The molecule has 0 saturated heterocycles. The van der Waals surface area contributed by atoms with Gasteiger partial charge >= 0.3 is 5.97 Å². The van der Waals surface area contributed by atoms with Crippen molar-refractivity contribution in [2.45, 2.75) is 25.0 Å². The van der Waals surface area contributed by atoms with E-state index >= 15 is 0 Å². The first-order valence-corrected chi connectivity index (χ1v) is 7.33. The smallest absolute Gasteiger partial charge is 0.334 e. The van der Waals surface area contributed by atoms with Crippen molar-refractivity contribution in [3.63, 3.8) is 0 Å². The fourth-order valence-electron chi connectivity index (χ4n) is 3.59. The third-order valence-corrected chi connectivity index (χ3v) is 4.91. The number of esters is 1. The summed E-state index contributed by atoms with van der Waals surface area (Å²) in [6, 6.07) is 3.83. The van der Waals surface area contributed by atoms with Crippen molar-refractivity contribution in [1.82, 2.24) is 10.3 Å². The van der Waals surface area contributed by atoms with Crippen molar-refractivity contribution < 1.29 is 9.53 Å². The zero-order chi connectivity index (χ0) is 14.8. The Morgan fingerprint density at radius 2 is 2.29 bits per heavy atom. The standard InChI is InChI=1S/C16H15ClN2O2/c1-8-6-16(21-15(8)20)10-3-4-11(17)14-13(10)9(7-19-14)5-12(16)18-2/h3-4,6-7,12,18-19H,5H2,1-2H3/t12-,16-/m1/s1. The normalized spacial score (nSPS) is 27.3. The van der Waals surface area contributed by atoms with Crippen molar-refractivity contribution in [1.29, 1.82) is 0 Å². The molecule has 2 aliphatic rings. The number of benzene rings is 1. The fraction of sp³-hybridized carbons (Fsp3) is 0.312. The number of fused-ring (bicyclic) bond motifs is 1. The number of nitrogens with one attached hydrogen (secondary N) is 2. The Labute approximate surface area is 127 Å². The molecule has 1 aliphatic heterocycles. The summed E-state index contributed by atoms with van der Waals surface area (Å²) in [4.78, 5) is 15.2. The quantitative estimate of drug-likeness (QED) is 0.796. The highest BCUT2D eigenvalue weighted by Crippen LogP contribution is 2.47. The maximum absolute atomic E-state index is 12.0. The van der Waals surface area contributed by atoms with E-state index in [4.69, 9.17) is 16.3 Å². The van der Waals surface area contributed by atoms with E-state index in [-0.39, 0.29) is 12.0 Å². The molecule has 1 aromatic heterocycles. The van der Waals surface area contributed by atoms with Crippen LogP contribution in [0.5, 0.6) is 0 Å². The van der Waals surface area contributed by atoms with Crippen LogP contribution in [0.2, 0.25) is 5.02 Å². The number of halogens is 1. The van der Waals surface area contributed by atoms with Gasteiger partial charge in [0.2, 0.25) is 0 Å². The van der Waals surface area contributed by atoms with Gasteiger partial charge in [-0.25, -0.2) is 4.79 Å². The van der Waals surface area contributed by atoms with E-state index in [2.05, 4.69) is 10.3 Å². The van der Waals surface area contributed by atoms with Crippen LogP contribution in [0.1, 0.15) is 18.1 Å². The average Bonchev–Trinajstić information content (AvgIpc) is 3.00. The van der Waals surface area contributed by atoms with Gasteiger partial charge in [0.1, 0.15) is 0 Å². The lowest BCUT2D eigenvalue weighted by atomic mass is 9.76. The van der Waals surface area contributed by atoms with Crippen LogP contribution in [0.25, 0.3) is 10.9 Å². The molecule has 1 spiro atoms. The van der Waals surface area contributed by atoms with E-state index in [1.54, 1.807) is 6.92 Å². The number of hydrogen-bond donors (Lipinski definition) is 2. The van der Waals surface area contributed by atoms with Gasteiger partial charge in [-0.1, -0.05) is 17.7 Å². The predicted molar refractivity (Wildman–Crippen MR) is 81.4 cm³/mol. The van der Waals surface area contributed by atoms with Crippen molar-refractivity contribution >= 4 is 28.5 Å². The first-order valence-electron chi connectivity index (χ1n) is 6.96. The molecule has 108 valence electrons. The number of likely N-dealkylation sites (N-methyl/N-ethyl adjacent to an activating group) is 1. The van der Waals surface area contributed by atoms with Gasteiger partial charge in [-0.05, 0) is 38.1 Å². The van der Waals surface area contributed by atoms with E-state index in [0.29, 0.717) is 10.6 Å². The van der Waals surface area contributed by atoms with Gasteiger partial charge in [-0.2, -0.15) is 0 Å². The molecule has 0 bridgehead atoms. The molecule has 0 unspecified atom stereocenters. The molecule has 0 saturated carbocycles. The number of aromatic nitrogens is 1. The second-order valence-corrected chi connectivity index (χ2v) is 6.12. The summed E-state index contributed by atoms with van der Waals surface area (Å²) in [5.74, 6) is -0.252. The largest absolute Gasteiger partial charge is 0.445 e. The molecule has 2 aromatic rings. The molecule has 1 aliphatic carbocycles. The van der Waals surface area contributed by atoms with Gasteiger partial charge in [-0.3, -0.25) is 0 Å². The SMILES string of the molecule is CN[C@@H]1Cc2c[nH]c3c(Cl)ccc(c23)[C@]12C=C(C)C(=O)O2. The second kappa shape index (κ2) is 4.12. The van der Waals surface area contributed by atoms with Gasteiger partial charge in [-0.15, -0.1) is 0 Å². The summed E-state index contributed by atoms with van der Waals surface area (Å²) in [5, 5.41) is 5.06. The molecule has 0 amide bonds. The van der Waals surface area contributed by atoms with Crippen molar-refractivity contribution in [2.24, 2.45) is 0 Å². The Hall–Kier alpha value is -1.78. The van der Waals surface area contributed by atoms with Crippen LogP contribution < -0.4 is 5.32 Å². The Morgan fingerprint density at radius 3 is 2.95 bits per heavy atom. The Bertz CT molecular complexity index is 808. The third kappa shape index (κ3) is 1.52. The molecule has 21 heavy (non-hydrogen) atoms. The van der Waals surface area contributed by atoms with E-state index in [9.17, 15) is 4.79 Å². The van der Waals surface area contributed by atoms with Crippen LogP contribution in [0.3, 0.4) is 0 Å². The Morgan fingerprint density at radius 1 is 1.48 bits per heavy atom. The molecule has 0 radical (unpaired) electrons. The molecule has 2 atom stereocenters. The summed E-state index contributed by atoms with van der Waals surface area (Å²) < 4.78 is 5.81. The van der Waals surface area contributed by atoms with Crippen molar-refractivity contribution in [2.75, 3.05) is 7.05 Å². The summed E-state index contributed by atoms with van der Waals surface area (Å²) in [6.45, 7) is 1.80. The van der Waals surface area contributed by atoms with Crippen LogP contribution in [0, 0.1) is 0 Å². The van der Waals surface area contributed by atoms with Crippen LogP contribution in [-0.2, 0) is 21.6 Å². The summed E-state index contributed by atoms with van der Waals surface area (Å²) in [5.41, 5.74) is 3.01. The lowest BCUT2D eigenvalue weighted by Crippen LogP contribution is -2.50. The minimum absolute atomic E-state index is 0.00609. The molecule has 5 heteroatoms. The Balaban J connectivity index is 2.07. The third-order valence-electron chi connectivity index (χ3n) is 4.59. The first kappa shape index (κ1) is 12.9. The molecular weight excluding hydrogens is 288 g/mol. The fourth-order valence-corrected chi connectivity index (χ4v) is 3.81. The summed E-state index contributed by atoms with van der Waals surface area (Å²) >= 11 is 6.28. The summed E-state index contributed by atoms with van der Waals surface area (Å²) in [6.07, 6.45) is 4.71. The number of carbonyl (C=O) groups excluding carboxylic acids is 1. The van der Waals surface area contributed by atoms with Crippen molar-refractivity contribution in [3.05, 3.63) is 46.1 Å². The number of ether oxygens (including phenoxy) is 1. The average molecular weight is 303 g/mol. The zero-order valence-electron chi connectivity index (χ0n) is 11.8. The topological polar surface area (TPSA) is 54.1 Å². The maximum Gasteiger partial charge on any atom is 0.334 e. The molecule has 4 rings (SSSR count). The highest BCUT2D eigenvalue weighted by Gasteiger charge is 2.50. The molecular formula is C16H15ClN2O2. The molecule has 4 nitrogen and oxygen atoms in total. The van der Waals surface area contributed by atoms with Crippen LogP contribution in [-0.4, -0.2) is 24.0 Å². The lowest BCUT2D eigenvalue weighted by molar-refractivity contribution is -0.149. The number of carbonyl (C=O) groups is 1. The number of H-pyrrole nitrogens is 1. The number of hydrogen-bond acceptors (Lipinski definition) is 3. The Kier molecular flexibility index (Phi) is 2.53.